The van der Waals surface area contributed by atoms with Crippen LogP contribution in [-0.4, -0.2) is 31.6 Å². The Balaban J connectivity index is 2.00. The molecule has 1 aliphatic rings. The van der Waals surface area contributed by atoms with Gasteiger partial charge in [0.2, 0.25) is 0 Å². The van der Waals surface area contributed by atoms with E-state index in [1.165, 1.54) is 24.9 Å². The molecule has 0 saturated carbocycles. The Morgan fingerprint density at radius 1 is 1.43 bits per heavy atom. The average Bonchev–Trinajstić information content (AvgIpc) is 2.47. The summed E-state index contributed by atoms with van der Waals surface area (Å²) in [5.74, 6) is 0.764. The molecule has 1 N–H and O–H groups in total. The maximum atomic E-state index is 6.12. The lowest BCUT2D eigenvalue weighted by molar-refractivity contribution is 0.0955. The number of rotatable bonds is 5. The van der Waals surface area contributed by atoms with Crippen LogP contribution in [0.3, 0.4) is 0 Å². The van der Waals surface area contributed by atoms with Crippen LogP contribution in [0.15, 0.2) is 24.3 Å². The van der Waals surface area contributed by atoms with E-state index >= 15 is 0 Å². The highest BCUT2D eigenvalue weighted by Gasteiger charge is 2.32. The normalized spacial score (nSPS) is 21.5. The smallest absolute Gasteiger partial charge is 0.0409 e. The van der Waals surface area contributed by atoms with Gasteiger partial charge in [0.1, 0.15) is 0 Å². The molecule has 1 aromatic rings. The summed E-state index contributed by atoms with van der Waals surface area (Å²) in [4.78, 5) is 2.46. The first kappa shape index (κ1) is 16.8. The number of halogens is 1. The summed E-state index contributed by atoms with van der Waals surface area (Å²) in [7, 11) is 2.23. The van der Waals surface area contributed by atoms with Crippen molar-refractivity contribution < 1.29 is 0 Å². The van der Waals surface area contributed by atoms with E-state index in [2.05, 4.69) is 50.2 Å². The number of hydrogen-bond donors (Lipinski definition) is 1. The first-order valence-electron chi connectivity index (χ1n) is 8.06. The van der Waals surface area contributed by atoms with Crippen LogP contribution in [0.5, 0.6) is 0 Å². The number of nitrogens with one attached hydrogen (secondary N) is 1. The molecule has 1 heterocycles. The number of benzene rings is 1. The van der Waals surface area contributed by atoms with Crippen LogP contribution >= 0.6 is 11.6 Å². The van der Waals surface area contributed by atoms with Crippen LogP contribution in [-0.2, 0) is 0 Å². The van der Waals surface area contributed by atoms with E-state index in [9.17, 15) is 0 Å². The second-order valence-corrected chi connectivity index (χ2v) is 7.61. The van der Waals surface area contributed by atoms with E-state index < -0.39 is 0 Å². The highest BCUT2D eigenvalue weighted by molar-refractivity contribution is 6.30. The molecule has 0 radical (unpaired) electrons. The fourth-order valence-corrected chi connectivity index (χ4v) is 3.65. The second-order valence-electron chi connectivity index (χ2n) is 7.18. The van der Waals surface area contributed by atoms with Gasteiger partial charge in [0.25, 0.3) is 0 Å². The maximum absolute atomic E-state index is 6.12. The summed E-state index contributed by atoms with van der Waals surface area (Å²) in [5.41, 5.74) is 1.62. The minimum atomic E-state index is 0.328. The molecule has 1 saturated heterocycles. The molecule has 1 aromatic carbocycles. The van der Waals surface area contributed by atoms with Crippen molar-refractivity contribution in [3.8, 4) is 0 Å². The minimum absolute atomic E-state index is 0.328. The highest BCUT2D eigenvalue weighted by Crippen LogP contribution is 2.34. The number of nitrogens with zero attached hydrogens (tertiary/aromatic N) is 1. The Morgan fingerprint density at radius 3 is 2.81 bits per heavy atom. The van der Waals surface area contributed by atoms with Crippen molar-refractivity contribution >= 4 is 11.6 Å². The van der Waals surface area contributed by atoms with E-state index in [-0.39, 0.29) is 0 Å². The minimum Gasteiger partial charge on any atom is -0.316 e. The Bertz CT molecular complexity index is 452. The van der Waals surface area contributed by atoms with Gasteiger partial charge < -0.3 is 5.32 Å². The van der Waals surface area contributed by atoms with E-state index in [1.54, 1.807) is 0 Å². The Morgan fingerprint density at radius 2 is 2.19 bits per heavy atom. The molecule has 21 heavy (non-hydrogen) atoms. The number of hydrogen-bond acceptors (Lipinski definition) is 2. The lowest BCUT2D eigenvalue weighted by atomic mass is 9.74. The third kappa shape index (κ3) is 4.45. The van der Waals surface area contributed by atoms with Gasteiger partial charge in [0.15, 0.2) is 0 Å². The zero-order valence-corrected chi connectivity index (χ0v) is 14.6. The topological polar surface area (TPSA) is 15.3 Å². The molecular weight excluding hydrogens is 280 g/mol. The molecular formula is C18H29ClN2. The van der Waals surface area contributed by atoms with Gasteiger partial charge in [-0.05, 0) is 68.9 Å². The summed E-state index contributed by atoms with van der Waals surface area (Å²) in [6.07, 6.45) is 2.65. The van der Waals surface area contributed by atoms with Crippen LogP contribution in [0.4, 0.5) is 0 Å². The Kier molecular flexibility index (Phi) is 5.70. The Hall–Kier alpha value is -0.570. The highest BCUT2D eigenvalue weighted by atomic mass is 35.5. The quantitative estimate of drug-likeness (QED) is 0.869. The van der Waals surface area contributed by atoms with Crippen LogP contribution < -0.4 is 5.32 Å². The Labute approximate surface area is 134 Å². The standard InChI is InChI=1S/C18H29ClN2/c1-14(15-7-5-9-17(19)11-15)21(4)13-18(2,3)16-8-6-10-20-12-16/h5,7,9,11,14,16,20H,6,8,10,12-13H2,1-4H3. The molecule has 0 spiro atoms. The fourth-order valence-electron chi connectivity index (χ4n) is 3.45. The van der Waals surface area contributed by atoms with Crippen molar-refractivity contribution in [1.82, 2.24) is 10.2 Å². The van der Waals surface area contributed by atoms with Crippen molar-refractivity contribution in [2.24, 2.45) is 11.3 Å². The van der Waals surface area contributed by atoms with Crippen LogP contribution in [0.2, 0.25) is 5.02 Å². The number of piperidine rings is 1. The fraction of sp³-hybridized carbons (Fsp3) is 0.667. The van der Waals surface area contributed by atoms with Crippen molar-refractivity contribution in [3.63, 3.8) is 0 Å². The first-order chi connectivity index (χ1) is 9.90. The van der Waals surface area contributed by atoms with Gasteiger partial charge in [-0.1, -0.05) is 37.6 Å². The predicted molar refractivity (Wildman–Crippen MR) is 91.9 cm³/mol. The predicted octanol–water partition coefficient (Wildman–Crippen LogP) is 4.36. The summed E-state index contributed by atoms with van der Waals surface area (Å²) in [6, 6.07) is 8.62. The van der Waals surface area contributed by atoms with E-state index in [1.807, 2.05) is 12.1 Å². The van der Waals surface area contributed by atoms with E-state index in [0.717, 1.165) is 24.0 Å². The van der Waals surface area contributed by atoms with E-state index in [4.69, 9.17) is 11.6 Å². The van der Waals surface area contributed by atoms with Crippen LogP contribution in [0.1, 0.15) is 45.2 Å². The average molecular weight is 309 g/mol. The monoisotopic (exact) mass is 308 g/mol. The lowest BCUT2D eigenvalue weighted by Gasteiger charge is -2.41. The molecule has 0 aromatic heterocycles. The van der Waals surface area contributed by atoms with E-state index in [0.29, 0.717) is 11.5 Å². The molecule has 2 rings (SSSR count). The summed E-state index contributed by atoms with van der Waals surface area (Å²) in [5, 5.41) is 4.37. The van der Waals surface area contributed by atoms with Gasteiger partial charge in [-0.3, -0.25) is 4.90 Å². The van der Waals surface area contributed by atoms with Gasteiger partial charge in [-0.15, -0.1) is 0 Å². The van der Waals surface area contributed by atoms with Crippen molar-refractivity contribution in [2.45, 2.75) is 39.7 Å². The van der Waals surface area contributed by atoms with Gasteiger partial charge in [-0.25, -0.2) is 0 Å². The van der Waals surface area contributed by atoms with Crippen LogP contribution in [0, 0.1) is 11.3 Å². The maximum Gasteiger partial charge on any atom is 0.0409 e. The van der Waals surface area contributed by atoms with Crippen molar-refractivity contribution in [2.75, 3.05) is 26.7 Å². The zero-order valence-electron chi connectivity index (χ0n) is 13.8. The third-order valence-corrected chi connectivity index (χ3v) is 5.29. The molecule has 118 valence electrons. The molecule has 0 amide bonds. The summed E-state index contributed by atoms with van der Waals surface area (Å²) >= 11 is 6.12. The van der Waals surface area contributed by atoms with Crippen molar-refractivity contribution in [3.05, 3.63) is 34.9 Å². The van der Waals surface area contributed by atoms with Crippen LogP contribution in [0.25, 0.3) is 0 Å². The van der Waals surface area contributed by atoms with Gasteiger partial charge in [0, 0.05) is 17.6 Å². The second kappa shape index (κ2) is 7.13. The van der Waals surface area contributed by atoms with Gasteiger partial charge >= 0.3 is 0 Å². The molecule has 0 bridgehead atoms. The van der Waals surface area contributed by atoms with Gasteiger partial charge in [-0.2, -0.15) is 0 Å². The van der Waals surface area contributed by atoms with Gasteiger partial charge in [0.05, 0.1) is 0 Å². The molecule has 2 unspecified atom stereocenters. The molecule has 2 nitrogen and oxygen atoms in total. The molecule has 1 fully saturated rings. The molecule has 1 aliphatic heterocycles. The molecule has 3 heteroatoms. The summed E-state index contributed by atoms with van der Waals surface area (Å²) < 4.78 is 0. The zero-order chi connectivity index (χ0) is 15.5. The molecule has 2 atom stereocenters. The SMILES string of the molecule is CC(c1cccc(Cl)c1)N(C)CC(C)(C)C1CCCNC1. The third-order valence-electron chi connectivity index (χ3n) is 5.05. The first-order valence-corrected chi connectivity index (χ1v) is 8.44. The largest absolute Gasteiger partial charge is 0.316 e. The lowest BCUT2D eigenvalue weighted by Crippen LogP contribution is -2.44. The molecule has 0 aliphatic carbocycles. The van der Waals surface area contributed by atoms with Crippen molar-refractivity contribution in [1.29, 1.82) is 0 Å². The summed E-state index contributed by atoms with van der Waals surface area (Å²) in [6.45, 7) is 10.5.